The molecule has 2 rings (SSSR count). The first-order valence-electron chi connectivity index (χ1n) is 5.57. The normalized spacial score (nSPS) is 10.2. The van der Waals surface area contributed by atoms with Gasteiger partial charge < -0.3 is 10.5 Å². The van der Waals surface area contributed by atoms with E-state index in [1.165, 1.54) is 0 Å². The van der Waals surface area contributed by atoms with Crippen LogP contribution in [-0.2, 0) is 6.61 Å². The molecule has 0 bridgehead atoms. The Bertz CT molecular complexity index is 523. The first-order chi connectivity index (χ1) is 8.16. The predicted molar refractivity (Wildman–Crippen MR) is 68.9 cm³/mol. The lowest BCUT2D eigenvalue weighted by Gasteiger charge is -2.10. The average Bonchev–Trinajstić information content (AvgIpc) is 2.31. The minimum atomic E-state index is 0.464. The van der Waals surface area contributed by atoms with Crippen molar-refractivity contribution in [2.24, 2.45) is 0 Å². The predicted octanol–water partition coefficient (Wildman–Crippen LogP) is 2.86. The number of rotatable bonds is 3. The number of aromatic nitrogens is 1. The van der Waals surface area contributed by atoms with E-state index in [2.05, 4.69) is 4.98 Å². The highest BCUT2D eigenvalue weighted by Gasteiger charge is 2.03. The third kappa shape index (κ3) is 2.75. The lowest BCUT2D eigenvalue weighted by molar-refractivity contribution is 0.299. The van der Waals surface area contributed by atoms with Crippen molar-refractivity contribution >= 4 is 5.69 Å². The van der Waals surface area contributed by atoms with Crippen LogP contribution in [0.2, 0.25) is 0 Å². The van der Waals surface area contributed by atoms with E-state index in [-0.39, 0.29) is 0 Å². The van der Waals surface area contributed by atoms with Gasteiger partial charge in [0.05, 0.1) is 5.69 Å². The van der Waals surface area contributed by atoms with Crippen LogP contribution in [0.1, 0.15) is 17.0 Å². The van der Waals surface area contributed by atoms with Crippen molar-refractivity contribution in [2.45, 2.75) is 20.5 Å². The van der Waals surface area contributed by atoms with Crippen LogP contribution < -0.4 is 10.5 Å². The maximum absolute atomic E-state index is 5.82. The Balaban J connectivity index is 2.10. The number of ether oxygens (including phenoxy) is 1. The molecule has 0 aliphatic rings. The molecule has 0 aliphatic heterocycles. The Morgan fingerprint density at radius 3 is 2.65 bits per heavy atom. The van der Waals surface area contributed by atoms with E-state index < -0.39 is 0 Å². The van der Waals surface area contributed by atoms with Gasteiger partial charge in [0, 0.05) is 16.9 Å². The van der Waals surface area contributed by atoms with Gasteiger partial charge in [-0.15, -0.1) is 0 Å². The average molecular weight is 228 g/mol. The molecule has 1 aromatic heterocycles. The van der Waals surface area contributed by atoms with Crippen LogP contribution in [0.15, 0.2) is 36.4 Å². The third-order valence-corrected chi connectivity index (χ3v) is 2.65. The second-order valence-electron chi connectivity index (χ2n) is 4.03. The molecular formula is C14H16N2O. The summed E-state index contributed by atoms with van der Waals surface area (Å²) in [5, 5.41) is 0. The topological polar surface area (TPSA) is 48.1 Å². The molecule has 3 nitrogen and oxygen atoms in total. The van der Waals surface area contributed by atoms with E-state index >= 15 is 0 Å². The second-order valence-corrected chi connectivity index (χ2v) is 4.03. The summed E-state index contributed by atoms with van der Waals surface area (Å²) in [4.78, 5) is 4.38. The number of pyridine rings is 1. The number of nitrogen functional groups attached to an aromatic ring is 1. The molecule has 0 saturated heterocycles. The zero-order valence-electron chi connectivity index (χ0n) is 10.1. The zero-order valence-corrected chi connectivity index (χ0v) is 10.1. The summed E-state index contributed by atoms with van der Waals surface area (Å²) in [6, 6.07) is 11.6. The van der Waals surface area contributed by atoms with Gasteiger partial charge in [-0.2, -0.15) is 0 Å². The molecule has 3 heteroatoms. The molecule has 2 aromatic rings. The van der Waals surface area contributed by atoms with Gasteiger partial charge in [0.1, 0.15) is 12.4 Å². The molecular weight excluding hydrogens is 212 g/mol. The molecule has 0 radical (unpaired) electrons. The van der Waals surface area contributed by atoms with Crippen molar-refractivity contribution in [1.82, 2.24) is 4.98 Å². The first kappa shape index (κ1) is 11.5. The van der Waals surface area contributed by atoms with Crippen LogP contribution in [0.25, 0.3) is 0 Å². The van der Waals surface area contributed by atoms with Gasteiger partial charge in [-0.25, -0.2) is 0 Å². The fourth-order valence-electron chi connectivity index (χ4n) is 1.62. The molecule has 0 aliphatic carbocycles. The standard InChI is InChI=1S/C14H16N2O/c1-10-5-3-6-12(16-10)9-17-14-8-4-7-13(15)11(14)2/h3-8H,9,15H2,1-2H3. The van der Waals surface area contributed by atoms with E-state index in [0.29, 0.717) is 6.61 Å². The largest absolute Gasteiger partial charge is 0.487 e. The highest BCUT2D eigenvalue weighted by molar-refractivity contribution is 5.53. The first-order valence-corrected chi connectivity index (χ1v) is 5.57. The zero-order chi connectivity index (χ0) is 12.3. The number of nitrogens with two attached hydrogens (primary N) is 1. The minimum absolute atomic E-state index is 0.464. The maximum Gasteiger partial charge on any atom is 0.130 e. The van der Waals surface area contributed by atoms with Crippen LogP contribution in [0, 0.1) is 13.8 Å². The molecule has 0 amide bonds. The quantitative estimate of drug-likeness (QED) is 0.822. The number of anilines is 1. The molecule has 1 aromatic carbocycles. The highest BCUT2D eigenvalue weighted by atomic mass is 16.5. The number of benzene rings is 1. The Morgan fingerprint density at radius 2 is 1.88 bits per heavy atom. The summed E-state index contributed by atoms with van der Waals surface area (Å²) in [5.74, 6) is 0.813. The maximum atomic E-state index is 5.82. The van der Waals surface area contributed by atoms with Crippen LogP contribution in [0.5, 0.6) is 5.75 Å². The van der Waals surface area contributed by atoms with Crippen LogP contribution >= 0.6 is 0 Å². The van der Waals surface area contributed by atoms with E-state index in [1.54, 1.807) is 0 Å². The molecule has 0 atom stereocenters. The van der Waals surface area contributed by atoms with E-state index in [9.17, 15) is 0 Å². The van der Waals surface area contributed by atoms with Gasteiger partial charge >= 0.3 is 0 Å². The molecule has 17 heavy (non-hydrogen) atoms. The Morgan fingerprint density at radius 1 is 1.12 bits per heavy atom. The van der Waals surface area contributed by atoms with Crippen molar-refractivity contribution < 1.29 is 4.74 Å². The van der Waals surface area contributed by atoms with Crippen molar-refractivity contribution in [3.63, 3.8) is 0 Å². The van der Waals surface area contributed by atoms with Crippen LogP contribution in [0.3, 0.4) is 0 Å². The number of hydrogen-bond donors (Lipinski definition) is 1. The third-order valence-electron chi connectivity index (χ3n) is 2.65. The van der Waals surface area contributed by atoms with Gasteiger partial charge in [-0.05, 0) is 38.1 Å². The minimum Gasteiger partial charge on any atom is -0.487 e. The Labute approximate surface area is 101 Å². The van der Waals surface area contributed by atoms with Crippen LogP contribution in [-0.4, -0.2) is 4.98 Å². The summed E-state index contributed by atoms with van der Waals surface area (Å²) in [7, 11) is 0. The van der Waals surface area contributed by atoms with E-state index in [0.717, 1.165) is 28.4 Å². The fourth-order valence-corrected chi connectivity index (χ4v) is 1.62. The number of nitrogens with zero attached hydrogens (tertiary/aromatic N) is 1. The van der Waals surface area contributed by atoms with Crippen molar-refractivity contribution in [1.29, 1.82) is 0 Å². The summed E-state index contributed by atoms with van der Waals surface area (Å²) in [5.41, 5.74) is 9.46. The molecule has 2 N–H and O–H groups in total. The number of hydrogen-bond acceptors (Lipinski definition) is 3. The van der Waals surface area contributed by atoms with Gasteiger partial charge in [0.25, 0.3) is 0 Å². The smallest absolute Gasteiger partial charge is 0.130 e. The second kappa shape index (κ2) is 4.87. The number of aryl methyl sites for hydroxylation is 1. The van der Waals surface area contributed by atoms with E-state index in [4.69, 9.17) is 10.5 Å². The highest BCUT2D eigenvalue weighted by Crippen LogP contribution is 2.23. The summed E-state index contributed by atoms with van der Waals surface area (Å²) in [6.07, 6.45) is 0. The fraction of sp³-hybridized carbons (Fsp3) is 0.214. The molecule has 1 heterocycles. The van der Waals surface area contributed by atoms with Crippen molar-refractivity contribution in [2.75, 3.05) is 5.73 Å². The molecule has 0 saturated carbocycles. The Kier molecular flexibility index (Phi) is 3.28. The van der Waals surface area contributed by atoms with Crippen LogP contribution in [0.4, 0.5) is 5.69 Å². The van der Waals surface area contributed by atoms with Crippen molar-refractivity contribution in [3.05, 3.63) is 53.3 Å². The molecule has 0 spiro atoms. The van der Waals surface area contributed by atoms with Crippen molar-refractivity contribution in [3.8, 4) is 5.75 Å². The lowest BCUT2D eigenvalue weighted by Crippen LogP contribution is -2.01. The Hall–Kier alpha value is -2.03. The lowest BCUT2D eigenvalue weighted by atomic mass is 10.2. The van der Waals surface area contributed by atoms with Gasteiger partial charge in [0.2, 0.25) is 0 Å². The molecule has 0 unspecified atom stereocenters. The summed E-state index contributed by atoms with van der Waals surface area (Å²) in [6.45, 7) is 4.38. The van der Waals surface area contributed by atoms with Gasteiger partial charge in [0.15, 0.2) is 0 Å². The molecule has 0 fully saturated rings. The monoisotopic (exact) mass is 228 g/mol. The van der Waals surface area contributed by atoms with E-state index in [1.807, 2.05) is 50.2 Å². The summed E-state index contributed by atoms with van der Waals surface area (Å²) < 4.78 is 5.72. The van der Waals surface area contributed by atoms with Gasteiger partial charge in [-0.3, -0.25) is 4.98 Å². The van der Waals surface area contributed by atoms with Gasteiger partial charge in [-0.1, -0.05) is 12.1 Å². The molecule has 88 valence electrons. The SMILES string of the molecule is Cc1cccc(COc2cccc(N)c2C)n1. The summed E-state index contributed by atoms with van der Waals surface area (Å²) >= 11 is 0.